The molecule has 1 amide bonds. The summed E-state index contributed by atoms with van der Waals surface area (Å²) < 4.78 is 10.7. The fraction of sp³-hybridized carbons (Fsp3) is 0.0870. The number of nitrogens with zero attached hydrogens (tertiary/aromatic N) is 2. The summed E-state index contributed by atoms with van der Waals surface area (Å²) in [6.07, 6.45) is 0.274. The number of hydrogen-bond acceptors (Lipinski definition) is 5. The van der Waals surface area contributed by atoms with E-state index in [0.29, 0.717) is 17.3 Å². The second kappa shape index (κ2) is 7.24. The Balaban J connectivity index is 1.27. The van der Waals surface area contributed by atoms with Gasteiger partial charge in [-0.05, 0) is 46.7 Å². The van der Waals surface area contributed by atoms with Gasteiger partial charge < -0.3 is 14.8 Å². The van der Waals surface area contributed by atoms with Crippen LogP contribution in [-0.4, -0.2) is 22.9 Å². The third kappa shape index (κ3) is 3.60. The van der Waals surface area contributed by atoms with Crippen LogP contribution < -0.4 is 14.8 Å². The van der Waals surface area contributed by atoms with Gasteiger partial charge in [0.25, 0.3) is 0 Å². The number of nitrogens with one attached hydrogen (secondary N) is 1. The lowest BCUT2D eigenvalue weighted by molar-refractivity contribution is -0.115. The van der Waals surface area contributed by atoms with Crippen LogP contribution in [0.5, 0.6) is 11.5 Å². The topological polar surface area (TPSA) is 73.3 Å². The molecular weight excluding hydrogens is 366 g/mol. The molecule has 0 spiro atoms. The second-order valence-electron chi connectivity index (χ2n) is 6.78. The van der Waals surface area contributed by atoms with Crippen LogP contribution >= 0.6 is 0 Å². The van der Waals surface area contributed by atoms with Crippen LogP contribution in [0.1, 0.15) is 5.56 Å². The van der Waals surface area contributed by atoms with Crippen molar-refractivity contribution in [3.63, 3.8) is 0 Å². The first kappa shape index (κ1) is 17.2. The second-order valence-corrected chi connectivity index (χ2v) is 6.78. The lowest BCUT2D eigenvalue weighted by atomic mass is 10.0. The Morgan fingerprint density at radius 1 is 0.862 bits per heavy atom. The molecule has 2 heterocycles. The first-order valence-corrected chi connectivity index (χ1v) is 9.26. The molecule has 1 aromatic heterocycles. The molecule has 0 fully saturated rings. The summed E-state index contributed by atoms with van der Waals surface area (Å²) in [7, 11) is 0. The average molecular weight is 383 g/mol. The minimum Gasteiger partial charge on any atom is -0.454 e. The van der Waals surface area contributed by atoms with Crippen molar-refractivity contribution >= 4 is 22.5 Å². The standard InChI is InChI=1S/C23H17N3O3/c27-23(12-15-5-6-16-3-1-2-4-17(16)11-15)24-22-10-8-19(25-26-22)18-7-9-20-21(13-18)29-14-28-20/h1-11,13H,12,14H2,(H,24,26,27). The number of fused-ring (bicyclic) bond motifs is 2. The highest BCUT2D eigenvalue weighted by atomic mass is 16.7. The first-order valence-electron chi connectivity index (χ1n) is 9.26. The molecule has 0 unspecified atom stereocenters. The predicted molar refractivity (Wildman–Crippen MR) is 110 cm³/mol. The van der Waals surface area contributed by atoms with Crippen molar-refractivity contribution in [3.8, 4) is 22.8 Å². The molecule has 6 nitrogen and oxygen atoms in total. The average Bonchev–Trinajstić information content (AvgIpc) is 3.22. The molecular formula is C23H17N3O3. The number of hydrogen-bond donors (Lipinski definition) is 1. The number of benzene rings is 3. The summed E-state index contributed by atoms with van der Waals surface area (Å²) in [6.45, 7) is 0.229. The number of rotatable bonds is 4. The van der Waals surface area contributed by atoms with E-state index >= 15 is 0 Å². The summed E-state index contributed by atoms with van der Waals surface area (Å²) in [6, 6.07) is 23.3. The Morgan fingerprint density at radius 3 is 2.59 bits per heavy atom. The van der Waals surface area contributed by atoms with Gasteiger partial charge in [0.1, 0.15) is 0 Å². The van der Waals surface area contributed by atoms with E-state index in [1.807, 2.05) is 60.7 Å². The molecule has 4 aromatic rings. The van der Waals surface area contributed by atoms with Crippen molar-refractivity contribution in [1.29, 1.82) is 0 Å². The summed E-state index contributed by atoms with van der Waals surface area (Å²) in [5, 5.41) is 13.4. The molecule has 1 N–H and O–H groups in total. The molecule has 5 rings (SSSR count). The third-order valence-corrected chi connectivity index (χ3v) is 4.78. The van der Waals surface area contributed by atoms with Gasteiger partial charge in [0.05, 0.1) is 12.1 Å². The van der Waals surface area contributed by atoms with Gasteiger partial charge in [-0.2, -0.15) is 0 Å². The highest BCUT2D eigenvalue weighted by Gasteiger charge is 2.14. The Kier molecular flexibility index (Phi) is 4.29. The molecule has 0 radical (unpaired) electrons. The van der Waals surface area contributed by atoms with E-state index in [-0.39, 0.29) is 19.1 Å². The molecule has 1 aliphatic rings. The quantitative estimate of drug-likeness (QED) is 0.572. The van der Waals surface area contributed by atoms with E-state index in [2.05, 4.69) is 21.6 Å². The third-order valence-electron chi connectivity index (χ3n) is 4.78. The first-order chi connectivity index (χ1) is 14.2. The zero-order valence-corrected chi connectivity index (χ0v) is 15.5. The van der Waals surface area contributed by atoms with Gasteiger partial charge in [0, 0.05) is 5.56 Å². The van der Waals surface area contributed by atoms with Gasteiger partial charge >= 0.3 is 0 Å². The monoisotopic (exact) mass is 383 g/mol. The molecule has 1 aliphatic heterocycles. The largest absolute Gasteiger partial charge is 0.454 e. The maximum atomic E-state index is 12.4. The van der Waals surface area contributed by atoms with Crippen LogP contribution in [0.3, 0.4) is 0 Å². The Morgan fingerprint density at radius 2 is 1.72 bits per heavy atom. The maximum absolute atomic E-state index is 12.4. The molecule has 6 heteroatoms. The molecule has 0 bridgehead atoms. The molecule has 0 aliphatic carbocycles. The number of anilines is 1. The maximum Gasteiger partial charge on any atom is 0.231 e. The van der Waals surface area contributed by atoms with E-state index in [0.717, 1.165) is 27.6 Å². The van der Waals surface area contributed by atoms with Crippen molar-refractivity contribution in [3.05, 3.63) is 78.4 Å². The Bertz CT molecular complexity index is 1210. The molecule has 3 aromatic carbocycles. The lowest BCUT2D eigenvalue weighted by Crippen LogP contribution is -2.15. The molecule has 142 valence electrons. The van der Waals surface area contributed by atoms with Crippen LogP contribution in [0.2, 0.25) is 0 Å². The minimum atomic E-state index is -0.134. The molecule has 29 heavy (non-hydrogen) atoms. The fourth-order valence-corrected chi connectivity index (χ4v) is 3.33. The SMILES string of the molecule is O=C(Cc1ccc2ccccc2c1)Nc1ccc(-c2ccc3c(c2)OCO3)nn1. The number of carbonyl (C=O) groups excluding carboxylic acids is 1. The van der Waals surface area contributed by atoms with Crippen molar-refractivity contribution in [1.82, 2.24) is 10.2 Å². The zero-order valence-electron chi connectivity index (χ0n) is 15.5. The van der Waals surface area contributed by atoms with Gasteiger partial charge in [-0.1, -0.05) is 42.5 Å². The summed E-state index contributed by atoms with van der Waals surface area (Å²) in [4.78, 5) is 12.4. The van der Waals surface area contributed by atoms with Gasteiger partial charge in [-0.3, -0.25) is 4.79 Å². The number of aromatic nitrogens is 2. The van der Waals surface area contributed by atoms with Crippen LogP contribution in [0.4, 0.5) is 5.82 Å². The summed E-state index contributed by atoms with van der Waals surface area (Å²) >= 11 is 0. The van der Waals surface area contributed by atoms with Gasteiger partial charge in [-0.25, -0.2) is 0 Å². The van der Waals surface area contributed by atoms with E-state index in [1.165, 1.54) is 0 Å². The smallest absolute Gasteiger partial charge is 0.231 e. The highest BCUT2D eigenvalue weighted by molar-refractivity contribution is 5.92. The molecule has 0 saturated carbocycles. The number of carbonyl (C=O) groups is 1. The van der Waals surface area contributed by atoms with Crippen molar-refractivity contribution in [2.75, 3.05) is 12.1 Å². The minimum absolute atomic E-state index is 0.134. The Hall–Kier alpha value is -3.93. The highest BCUT2D eigenvalue weighted by Crippen LogP contribution is 2.35. The number of ether oxygens (including phenoxy) is 2. The van der Waals surface area contributed by atoms with Crippen LogP contribution in [0.25, 0.3) is 22.0 Å². The summed E-state index contributed by atoms with van der Waals surface area (Å²) in [5.41, 5.74) is 2.51. The van der Waals surface area contributed by atoms with Crippen molar-refractivity contribution < 1.29 is 14.3 Å². The zero-order chi connectivity index (χ0) is 19.6. The predicted octanol–water partition coefficient (Wildman–Crippen LogP) is 4.21. The van der Waals surface area contributed by atoms with Crippen LogP contribution in [-0.2, 0) is 11.2 Å². The molecule has 0 saturated heterocycles. The van der Waals surface area contributed by atoms with Gasteiger partial charge in [0.15, 0.2) is 17.3 Å². The fourth-order valence-electron chi connectivity index (χ4n) is 3.33. The van der Waals surface area contributed by atoms with Crippen LogP contribution in [0, 0.1) is 0 Å². The van der Waals surface area contributed by atoms with E-state index in [9.17, 15) is 4.79 Å². The van der Waals surface area contributed by atoms with Gasteiger partial charge in [0.2, 0.25) is 12.7 Å². The van der Waals surface area contributed by atoms with E-state index < -0.39 is 0 Å². The van der Waals surface area contributed by atoms with Gasteiger partial charge in [-0.15, -0.1) is 10.2 Å². The normalized spacial score (nSPS) is 12.1. The Labute approximate surface area is 167 Å². The van der Waals surface area contributed by atoms with E-state index in [4.69, 9.17) is 9.47 Å². The lowest BCUT2D eigenvalue weighted by Gasteiger charge is -2.07. The summed E-state index contributed by atoms with van der Waals surface area (Å²) in [5.74, 6) is 1.70. The van der Waals surface area contributed by atoms with Crippen LogP contribution in [0.15, 0.2) is 72.8 Å². The van der Waals surface area contributed by atoms with E-state index in [1.54, 1.807) is 6.07 Å². The van der Waals surface area contributed by atoms with Crippen molar-refractivity contribution in [2.45, 2.75) is 6.42 Å². The molecule has 0 atom stereocenters. The van der Waals surface area contributed by atoms with Crippen molar-refractivity contribution in [2.24, 2.45) is 0 Å². The number of amides is 1.